The number of aromatic nitrogens is 2. The van der Waals surface area contributed by atoms with Crippen molar-refractivity contribution >= 4 is 6.09 Å². The van der Waals surface area contributed by atoms with Crippen LogP contribution in [0.25, 0.3) is 0 Å². The molecule has 1 fully saturated rings. The summed E-state index contributed by atoms with van der Waals surface area (Å²) < 4.78 is 7.42. The molecule has 1 aromatic heterocycles. The molecular weight excluding hydrogens is 218 g/mol. The third-order valence-electron chi connectivity index (χ3n) is 3.62. The molecule has 3 rings (SSSR count). The van der Waals surface area contributed by atoms with Crippen LogP contribution < -0.4 is 5.32 Å². The summed E-state index contributed by atoms with van der Waals surface area (Å²) in [5.41, 5.74) is 1.19. The lowest BCUT2D eigenvalue weighted by atomic mass is 9.96. The average Bonchev–Trinajstić information content (AvgIpc) is 2.71. The third-order valence-corrected chi connectivity index (χ3v) is 3.62. The minimum absolute atomic E-state index is 0.157. The van der Waals surface area contributed by atoms with Crippen LogP contribution in [0.4, 0.5) is 4.79 Å². The van der Waals surface area contributed by atoms with Gasteiger partial charge < -0.3 is 14.6 Å². The maximum absolute atomic E-state index is 11.6. The van der Waals surface area contributed by atoms with Crippen molar-refractivity contribution in [1.82, 2.24) is 14.9 Å². The van der Waals surface area contributed by atoms with Gasteiger partial charge in [-0.15, -0.1) is 0 Å². The van der Waals surface area contributed by atoms with Gasteiger partial charge in [-0.05, 0) is 25.7 Å². The number of amides is 1. The Hall–Kier alpha value is -1.52. The fourth-order valence-corrected chi connectivity index (χ4v) is 2.33. The predicted molar refractivity (Wildman–Crippen MR) is 61.6 cm³/mol. The van der Waals surface area contributed by atoms with Crippen LogP contribution in [0.15, 0.2) is 12.5 Å². The van der Waals surface area contributed by atoms with Crippen molar-refractivity contribution in [3.05, 3.63) is 18.2 Å². The van der Waals surface area contributed by atoms with Gasteiger partial charge in [0, 0.05) is 30.9 Å². The van der Waals surface area contributed by atoms with E-state index >= 15 is 0 Å². The van der Waals surface area contributed by atoms with Crippen molar-refractivity contribution in [2.75, 3.05) is 0 Å². The van der Waals surface area contributed by atoms with Crippen LogP contribution in [-0.2, 0) is 17.7 Å². The number of imidazole rings is 1. The molecule has 0 aromatic carbocycles. The molecule has 0 bridgehead atoms. The van der Waals surface area contributed by atoms with Gasteiger partial charge in [-0.3, -0.25) is 0 Å². The van der Waals surface area contributed by atoms with E-state index < -0.39 is 0 Å². The van der Waals surface area contributed by atoms with Gasteiger partial charge in [-0.25, -0.2) is 9.78 Å². The van der Waals surface area contributed by atoms with E-state index in [1.807, 2.05) is 12.5 Å². The van der Waals surface area contributed by atoms with Crippen LogP contribution in [0, 0.1) is 0 Å². The maximum atomic E-state index is 11.6. The van der Waals surface area contributed by atoms with E-state index in [1.165, 1.54) is 12.1 Å². The molecule has 17 heavy (non-hydrogen) atoms. The molecule has 1 N–H and O–H groups in total. The molecule has 1 aliphatic carbocycles. The Balaban J connectivity index is 1.51. The van der Waals surface area contributed by atoms with E-state index in [4.69, 9.17) is 4.74 Å². The Bertz CT molecular complexity index is 412. The van der Waals surface area contributed by atoms with E-state index in [2.05, 4.69) is 14.9 Å². The Kier molecular flexibility index (Phi) is 2.74. The number of aryl methyl sites for hydroxylation is 1. The van der Waals surface area contributed by atoms with Gasteiger partial charge in [0.25, 0.3) is 0 Å². The number of nitrogens with one attached hydrogen (secondary N) is 1. The number of hydrogen-bond donors (Lipinski definition) is 1. The lowest BCUT2D eigenvalue weighted by Gasteiger charge is -2.28. The van der Waals surface area contributed by atoms with Gasteiger partial charge in [0.1, 0.15) is 6.10 Å². The summed E-state index contributed by atoms with van der Waals surface area (Å²) in [6.07, 6.45) is 8.62. The summed E-state index contributed by atoms with van der Waals surface area (Å²) >= 11 is 0. The summed E-state index contributed by atoms with van der Waals surface area (Å²) in [5, 5.41) is 2.95. The zero-order valence-corrected chi connectivity index (χ0v) is 9.76. The number of carbonyl (C=O) groups excluding carboxylic acids is 1. The van der Waals surface area contributed by atoms with Crippen LogP contribution in [-0.4, -0.2) is 27.8 Å². The van der Waals surface area contributed by atoms with Crippen LogP contribution in [0.3, 0.4) is 0 Å². The number of nitrogens with zero attached hydrogens (tertiary/aromatic N) is 2. The van der Waals surface area contributed by atoms with Crippen molar-refractivity contribution in [1.29, 1.82) is 0 Å². The van der Waals surface area contributed by atoms with Gasteiger partial charge in [0.2, 0.25) is 0 Å². The minimum Gasteiger partial charge on any atom is -0.446 e. The molecule has 0 spiro atoms. The molecular formula is C12H17N3O2. The normalized spacial score (nSPS) is 23.6. The van der Waals surface area contributed by atoms with E-state index in [9.17, 15) is 4.79 Å². The average molecular weight is 235 g/mol. The van der Waals surface area contributed by atoms with Crippen molar-refractivity contribution in [3.63, 3.8) is 0 Å². The van der Waals surface area contributed by atoms with E-state index in [1.54, 1.807) is 0 Å². The molecule has 1 saturated carbocycles. The van der Waals surface area contributed by atoms with Gasteiger partial charge in [0.05, 0.1) is 6.33 Å². The summed E-state index contributed by atoms with van der Waals surface area (Å²) in [7, 11) is 0. The SMILES string of the molecule is O=C(NC1CCn2cncc2C1)OC1CCC1. The number of carbonyl (C=O) groups is 1. The second kappa shape index (κ2) is 4.39. The monoisotopic (exact) mass is 235 g/mol. The highest BCUT2D eigenvalue weighted by molar-refractivity contribution is 5.68. The highest BCUT2D eigenvalue weighted by Crippen LogP contribution is 2.22. The number of rotatable bonds is 2. The smallest absolute Gasteiger partial charge is 0.407 e. The molecule has 1 atom stereocenters. The molecule has 0 saturated heterocycles. The third kappa shape index (κ3) is 2.28. The topological polar surface area (TPSA) is 56.2 Å². The summed E-state index contributed by atoms with van der Waals surface area (Å²) in [5.74, 6) is 0. The Morgan fingerprint density at radius 3 is 3.12 bits per heavy atom. The predicted octanol–water partition coefficient (Wildman–Crippen LogP) is 1.48. The van der Waals surface area contributed by atoms with Crippen molar-refractivity contribution in [3.8, 4) is 0 Å². The molecule has 92 valence electrons. The highest BCUT2D eigenvalue weighted by atomic mass is 16.6. The minimum atomic E-state index is -0.257. The van der Waals surface area contributed by atoms with Gasteiger partial charge in [0.15, 0.2) is 0 Å². The standard InChI is InChI=1S/C12H17N3O2/c16-12(17-11-2-1-3-11)14-9-4-5-15-8-13-7-10(15)6-9/h7-9,11H,1-6H2,(H,14,16). The van der Waals surface area contributed by atoms with Gasteiger partial charge in [-0.2, -0.15) is 0 Å². The van der Waals surface area contributed by atoms with Crippen LogP contribution in [0.5, 0.6) is 0 Å². The lowest BCUT2D eigenvalue weighted by Crippen LogP contribution is -2.42. The molecule has 2 heterocycles. The first-order valence-corrected chi connectivity index (χ1v) is 6.27. The molecule has 5 nitrogen and oxygen atoms in total. The van der Waals surface area contributed by atoms with Crippen molar-refractivity contribution in [2.45, 2.75) is 50.8 Å². The number of ether oxygens (including phenoxy) is 1. The Morgan fingerprint density at radius 2 is 2.35 bits per heavy atom. The quantitative estimate of drug-likeness (QED) is 0.844. The maximum Gasteiger partial charge on any atom is 0.407 e. The Labute approximate surface area is 100 Å². The second-order valence-corrected chi connectivity index (χ2v) is 4.87. The molecule has 1 unspecified atom stereocenters. The second-order valence-electron chi connectivity index (χ2n) is 4.87. The molecule has 0 radical (unpaired) electrons. The largest absolute Gasteiger partial charge is 0.446 e. The van der Waals surface area contributed by atoms with Crippen LogP contribution in [0.1, 0.15) is 31.4 Å². The number of fused-ring (bicyclic) bond motifs is 1. The fourth-order valence-electron chi connectivity index (χ4n) is 2.33. The van der Waals surface area contributed by atoms with Crippen molar-refractivity contribution < 1.29 is 9.53 Å². The van der Waals surface area contributed by atoms with E-state index in [0.29, 0.717) is 0 Å². The Morgan fingerprint density at radius 1 is 1.47 bits per heavy atom. The molecule has 5 heteroatoms. The molecule has 1 aromatic rings. The zero-order valence-electron chi connectivity index (χ0n) is 9.76. The first-order chi connectivity index (χ1) is 8.31. The highest BCUT2D eigenvalue weighted by Gasteiger charge is 2.24. The van der Waals surface area contributed by atoms with Crippen LogP contribution in [0.2, 0.25) is 0 Å². The zero-order chi connectivity index (χ0) is 11.7. The molecule has 2 aliphatic rings. The number of hydrogen-bond acceptors (Lipinski definition) is 3. The summed E-state index contributed by atoms with van der Waals surface area (Å²) in [4.78, 5) is 15.7. The summed E-state index contributed by atoms with van der Waals surface area (Å²) in [6.45, 7) is 0.920. The lowest BCUT2D eigenvalue weighted by molar-refractivity contribution is 0.0497. The van der Waals surface area contributed by atoms with Crippen LogP contribution >= 0.6 is 0 Å². The number of alkyl carbamates (subject to hydrolysis) is 1. The fraction of sp³-hybridized carbons (Fsp3) is 0.667. The molecule has 1 aliphatic heterocycles. The van der Waals surface area contributed by atoms with E-state index in [-0.39, 0.29) is 18.2 Å². The first-order valence-electron chi connectivity index (χ1n) is 6.27. The van der Waals surface area contributed by atoms with Gasteiger partial charge in [-0.1, -0.05) is 0 Å². The molecule has 1 amide bonds. The van der Waals surface area contributed by atoms with Crippen molar-refractivity contribution in [2.24, 2.45) is 0 Å². The summed E-state index contributed by atoms with van der Waals surface area (Å²) in [6, 6.07) is 0.187. The first kappa shape index (κ1) is 10.6. The van der Waals surface area contributed by atoms with Gasteiger partial charge >= 0.3 is 6.09 Å². The van der Waals surface area contributed by atoms with E-state index in [0.717, 1.165) is 32.2 Å².